The van der Waals surface area contributed by atoms with Gasteiger partial charge in [0, 0.05) is 6.42 Å². The zero-order valence-electron chi connectivity index (χ0n) is 40.9. The number of rotatable bonds is 47. The fourth-order valence-corrected chi connectivity index (χ4v) is 8.22. The summed E-state index contributed by atoms with van der Waals surface area (Å²) in [6.07, 6.45) is 55.2. The van der Waals surface area contributed by atoms with Crippen molar-refractivity contribution in [1.29, 1.82) is 0 Å². The molecule has 0 aromatic heterocycles. The molecule has 3 N–H and O–H groups in total. The summed E-state index contributed by atoms with van der Waals surface area (Å²) < 4.78 is 23.6. The van der Waals surface area contributed by atoms with Gasteiger partial charge in [-0.05, 0) is 44.9 Å². The summed E-state index contributed by atoms with van der Waals surface area (Å²) in [4.78, 5) is 23.2. The summed E-state index contributed by atoms with van der Waals surface area (Å²) in [6, 6.07) is -0.866. The summed E-state index contributed by atoms with van der Waals surface area (Å²) >= 11 is 0. The molecule has 3 atom stereocenters. The molecule has 0 saturated heterocycles. The van der Waals surface area contributed by atoms with Gasteiger partial charge in [0.25, 0.3) is 0 Å². The van der Waals surface area contributed by atoms with Crippen LogP contribution in [-0.4, -0.2) is 73.4 Å². The predicted molar refractivity (Wildman–Crippen MR) is 263 cm³/mol. The molecule has 0 rings (SSSR count). The van der Waals surface area contributed by atoms with Crippen LogP contribution in [0.5, 0.6) is 0 Å². The van der Waals surface area contributed by atoms with Crippen LogP contribution in [0.4, 0.5) is 0 Å². The van der Waals surface area contributed by atoms with Gasteiger partial charge >= 0.3 is 7.82 Å². The summed E-state index contributed by atoms with van der Waals surface area (Å²) in [5.74, 6) is -0.188. The zero-order valence-corrected chi connectivity index (χ0v) is 41.8. The highest BCUT2D eigenvalue weighted by atomic mass is 31.2. The Morgan fingerprint density at radius 1 is 0.541 bits per heavy atom. The standard InChI is InChI=1S/C52H101N2O6P/c1-6-8-10-12-14-16-18-20-22-24-25-26-27-28-30-32-34-36-38-40-42-44-46-52(56)53-50(49-60-61(57,58)59-48-47-54(3,4)5)51(55)45-43-41-39-37-35-33-31-29-23-21-19-17-15-13-11-9-7-2/h23,29,35,37,43,45,50-51,55H,6-22,24-28,30-34,36,38-42,44,46-49H2,1-5H3,(H-,53,56,57,58)/p+1/b29-23+,37-35+,45-43+. The molecule has 0 fully saturated rings. The van der Waals surface area contributed by atoms with Crippen molar-refractivity contribution in [3.63, 3.8) is 0 Å². The molecule has 9 heteroatoms. The lowest BCUT2D eigenvalue weighted by molar-refractivity contribution is -0.870. The molecule has 1 amide bonds. The second-order valence-electron chi connectivity index (χ2n) is 18.9. The molecular weight excluding hydrogens is 780 g/mol. The first-order valence-corrected chi connectivity index (χ1v) is 27.4. The molecule has 360 valence electrons. The Bertz CT molecular complexity index is 1090. The molecule has 3 unspecified atom stereocenters. The first-order valence-electron chi connectivity index (χ1n) is 25.9. The van der Waals surface area contributed by atoms with Crippen molar-refractivity contribution in [1.82, 2.24) is 5.32 Å². The number of quaternary nitrogens is 1. The number of carbonyl (C=O) groups excluding carboxylic acids is 1. The van der Waals surface area contributed by atoms with Gasteiger partial charge in [-0.3, -0.25) is 13.8 Å². The van der Waals surface area contributed by atoms with E-state index in [4.69, 9.17) is 9.05 Å². The fraction of sp³-hybridized carbons (Fsp3) is 0.865. The van der Waals surface area contributed by atoms with Crippen LogP contribution in [0.25, 0.3) is 0 Å². The third-order valence-electron chi connectivity index (χ3n) is 11.6. The average Bonchev–Trinajstić information content (AvgIpc) is 3.21. The maximum absolute atomic E-state index is 12.9. The smallest absolute Gasteiger partial charge is 0.387 e. The fourth-order valence-electron chi connectivity index (χ4n) is 7.49. The number of phosphoric acid groups is 1. The number of phosphoric ester groups is 1. The van der Waals surface area contributed by atoms with Gasteiger partial charge in [-0.25, -0.2) is 4.57 Å². The summed E-state index contributed by atoms with van der Waals surface area (Å²) in [5.41, 5.74) is 0. The predicted octanol–water partition coefficient (Wildman–Crippen LogP) is 15.0. The molecule has 0 saturated carbocycles. The third-order valence-corrected chi connectivity index (χ3v) is 12.6. The third kappa shape index (κ3) is 46.5. The highest BCUT2D eigenvalue weighted by molar-refractivity contribution is 7.47. The molecule has 61 heavy (non-hydrogen) atoms. The van der Waals surface area contributed by atoms with Crippen LogP contribution in [0.2, 0.25) is 0 Å². The molecule has 0 spiro atoms. The highest BCUT2D eigenvalue weighted by Crippen LogP contribution is 2.43. The number of nitrogens with zero attached hydrogens (tertiary/aromatic N) is 1. The van der Waals surface area contributed by atoms with E-state index < -0.39 is 20.0 Å². The zero-order chi connectivity index (χ0) is 45.0. The van der Waals surface area contributed by atoms with E-state index in [-0.39, 0.29) is 19.1 Å². The molecular formula is C52H102N2O6P+. The van der Waals surface area contributed by atoms with Crippen molar-refractivity contribution in [3.05, 3.63) is 36.5 Å². The van der Waals surface area contributed by atoms with Crippen LogP contribution in [0.15, 0.2) is 36.5 Å². The van der Waals surface area contributed by atoms with Gasteiger partial charge in [0.2, 0.25) is 5.91 Å². The van der Waals surface area contributed by atoms with Crippen LogP contribution >= 0.6 is 7.82 Å². The van der Waals surface area contributed by atoms with Crippen molar-refractivity contribution in [2.75, 3.05) is 40.9 Å². The normalized spacial score (nSPS) is 14.4. The summed E-state index contributed by atoms with van der Waals surface area (Å²) in [5, 5.41) is 13.9. The second kappa shape index (κ2) is 43.9. The Kier molecular flexibility index (Phi) is 43.0. The van der Waals surface area contributed by atoms with E-state index >= 15 is 0 Å². The minimum Gasteiger partial charge on any atom is -0.387 e. The second-order valence-corrected chi connectivity index (χ2v) is 20.3. The number of amides is 1. The van der Waals surface area contributed by atoms with Gasteiger partial charge in [0.1, 0.15) is 13.2 Å². The van der Waals surface area contributed by atoms with Gasteiger partial charge in [-0.15, -0.1) is 0 Å². The van der Waals surface area contributed by atoms with E-state index in [0.29, 0.717) is 17.4 Å². The minimum atomic E-state index is -4.35. The van der Waals surface area contributed by atoms with Crippen molar-refractivity contribution in [2.24, 2.45) is 0 Å². The quantitative estimate of drug-likeness (QED) is 0.0243. The largest absolute Gasteiger partial charge is 0.472 e. The Morgan fingerprint density at radius 3 is 1.31 bits per heavy atom. The Balaban J connectivity index is 4.32. The monoisotopic (exact) mass is 882 g/mol. The van der Waals surface area contributed by atoms with Crippen LogP contribution in [0.1, 0.15) is 239 Å². The van der Waals surface area contributed by atoms with Gasteiger partial charge in [-0.2, -0.15) is 0 Å². The van der Waals surface area contributed by atoms with E-state index in [1.807, 2.05) is 27.2 Å². The first-order chi connectivity index (χ1) is 29.5. The molecule has 0 aromatic rings. The number of carbonyl (C=O) groups is 1. The van der Waals surface area contributed by atoms with Gasteiger partial charge in [0.05, 0.1) is 39.9 Å². The van der Waals surface area contributed by atoms with Crippen LogP contribution in [-0.2, 0) is 18.4 Å². The Morgan fingerprint density at radius 2 is 0.902 bits per heavy atom. The van der Waals surface area contributed by atoms with Crippen LogP contribution in [0, 0.1) is 0 Å². The maximum Gasteiger partial charge on any atom is 0.472 e. The lowest BCUT2D eigenvalue weighted by Gasteiger charge is -2.25. The molecule has 0 aromatic carbocycles. The van der Waals surface area contributed by atoms with Gasteiger partial charge < -0.3 is 19.8 Å². The average molecular weight is 882 g/mol. The van der Waals surface area contributed by atoms with Gasteiger partial charge in [0.15, 0.2) is 0 Å². The number of hydrogen-bond acceptors (Lipinski definition) is 5. The van der Waals surface area contributed by atoms with E-state index in [1.165, 1.54) is 173 Å². The first kappa shape index (κ1) is 59.7. The van der Waals surface area contributed by atoms with Crippen molar-refractivity contribution < 1.29 is 32.9 Å². The van der Waals surface area contributed by atoms with E-state index in [0.717, 1.165) is 44.9 Å². The molecule has 0 heterocycles. The summed E-state index contributed by atoms with van der Waals surface area (Å²) in [7, 11) is 1.55. The Labute approximate surface area is 378 Å². The number of unbranched alkanes of at least 4 members (excludes halogenated alkanes) is 30. The topological polar surface area (TPSA) is 105 Å². The molecule has 0 aliphatic heterocycles. The molecule has 0 radical (unpaired) electrons. The van der Waals surface area contributed by atoms with Crippen molar-refractivity contribution in [3.8, 4) is 0 Å². The number of aliphatic hydroxyl groups excluding tert-OH is 1. The minimum absolute atomic E-state index is 0.0549. The lowest BCUT2D eigenvalue weighted by Crippen LogP contribution is -2.45. The van der Waals surface area contributed by atoms with E-state index in [1.54, 1.807) is 6.08 Å². The number of aliphatic hydroxyl groups is 1. The number of allylic oxidation sites excluding steroid dienone is 5. The highest BCUT2D eigenvalue weighted by Gasteiger charge is 2.27. The number of likely N-dealkylation sites (N-methyl/N-ethyl adjacent to an activating group) is 1. The van der Waals surface area contributed by atoms with E-state index in [9.17, 15) is 19.4 Å². The molecule has 0 aliphatic rings. The molecule has 8 nitrogen and oxygen atoms in total. The maximum atomic E-state index is 12.9. The van der Waals surface area contributed by atoms with Crippen molar-refractivity contribution >= 4 is 13.7 Å². The van der Waals surface area contributed by atoms with E-state index in [2.05, 4.69) is 43.5 Å². The van der Waals surface area contributed by atoms with Gasteiger partial charge in [-0.1, -0.05) is 224 Å². The van der Waals surface area contributed by atoms with Crippen LogP contribution < -0.4 is 5.32 Å². The Hall–Kier alpha value is -1.28. The SMILES string of the molecule is CCCCCCCCC/C=C/CC/C=C/CC/C=C/C(O)C(COP(=O)(O)OCC[N+](C)(C)C)NC(=O)CCCCCCCCCCCCCCCCCCCCCCCC. The number of hydrogen-bond donors (Lipinski definition) is 3. The van der Waals surface area contributed by atoms with Crippen LogP contribution in [0.3, 0.4) is 0 Å². The van der Waals surface area contributed by atoms with Crippen molar-refractivity contribution in [2.45, 2.75) is 251 Å². The number of nitrogens with one attached hydrogen (secondary N) is 1. The summed E-state index contributed by atoms with van der Waals surface area (Å²) in [6.45, 7) is 4.80. The molecule has 0 aliphatic carbocycles. The molecule has 0 bridgehead atoms. The lowest BCUT2D eigenvalue weighted by atomic mass is 10.0.